The predicted octanol–water partition coefficient (Wildman–Crippen LogP) is 1.22. The number of thiazole rings is 1. The molecule has 0 aliphatic carbocycles. The summed E-state index contributed by atoms with van der Waals surface area (Å²) in [5.41, 5.74) is 0.407. The summed E-state index contributed by atoms with van der Waals surface area (Å²) in [5.74, 6) is -1.41. The van der Waals surface area contributed by atoms with E-state index in [0.717, 1.165) is 11.4 Å². The van der Waals surface area contributed by atoms with E-state index in [1.165, 1.54) is 23.2 Å². The Labute approximate surface area is 150 Å². The van der Waals surface area contributed by atoms with Crippen LogP contribution < -0.4 is 0 Å². The average Bonchev–Trinajstić information content (AvgIpc) is 2.88. The summed E-state index contributed by atoms with van der Waals surface area (Å²) in [5, 5.41) is 11.5. The van der Waals surface area contributed by atoms with Gasteiger partial charge in [0.15, 0.2) is 0 Å². The second kappa shape index (κ2) is 8.91. The van der Waals surface area contributed by atoms with Crippen LogP contribution in [0, 0.1) is 0 Å². The summed E-state index contributed by atoms with van der Waals surface area (Å²) in [7, 11) is 1.58. The number of methoxy groups -OCH3 is 1. The van der Waals surface area contributed by atoms with Crippen LogP contribution in [-0.2, 0) is 20.9 Å². The van der Waals surface area contributed by atoms with E-state index in [4.69, 9.17) is 9.84 Å². The topological polar surface area (TPSA) is 100 Å². The average molecular weight is 369 g/mol. The number of aromatic nitrogens is 1. The van der Waals surface area contributed by atoms with Crippen molar-refractivity contribution in [2.24, 2.45) is 0 Å². The first-order valence-electron chi connectivity index (χ1n) is 8.14. The SMILES string of the molecule is COCc1nc(C(=O)N2CCCC(N(CC(=O)O)C(C)=O)CC2)cs1. The number of rotatable bonds is 6. The maximum atomic E-state index is 12.6. The Hall–Kier alpha value is -2.00. The lowest BCUT2D eigenvalue weighted by Gasteiger charge is -2.28. The lowest BCUT2D eigenvalue weighted by molar-refractivity contribution is -0.145. The van der Waals surface area contributed by atoms with E-state index in [1.807, 2.05) is 0 Å². The summed E-state index contributed by atoms with van der Waals surface area (Å²) < 4.78 is 5.02. The molecule has 1 aliphatic rings. The number of nitrogens with zero attached hydrogens (tertiary/aromatic N) is 3. The minimum atomic E-state index is -1.03. The van der Waals surface area contributed by atoms with Crippen LogP contribution in [0.15, 0.2) is 5.38 Å². The van der Waals surface area contributed by atoms with Crippen molar-refractivity contribution in [1.29, 1.82) is 0 Å². The van der Waals surface area contributed by atoms with Gasteiger partial charge in [0.05, 0.1) is 6.61 Å². The van der Waals surface area contributed by atoms with Gasteiger partial charge in [-0.1, -0.05) is 0 Å². The molecule has 1 aromatic rings. The highest BCUT2D eigenvalue weighted by Crippen LogP contribution is 2.20. The number of ether oxygens (including phenoxy) is 1. The Bertz CT molecular complexity index is 633. The van der Waals surface area contributed by atoms with Crippen LogP contribution in [0.2, 0.25) is 0 Å². The smallest absolute Gasteiger partial charge is 0.323 e. The number of hydrogen-bond donors (Lipinski definition) is 1. The minimum Gasteiger partial charge on any atom is -0.480 e. The quantitative estimate of drug-likeness (QED) is 0.809. The molecule has 2 rings (SSSR count). The Morgan fingerprint density at radius 1 is 1.40 bits per heavy atom. The van der Waals surface area contributed by atoms with Gasteiger partial charge in [-0.2, -0.15) is 0 Å². The Morgan fingerprint density at radius 2 is 2.16 bits per heavy atom. The Kier molecular flexibility index (Phi) is 6.89. The number of likely N-dealkylation sites (tertiary alicyclic amines) is 1. The van der Waals surface area contributed by atoms with Crippen LogP contribution in [0.25, 0.3) is 0 Å². The third kappa shape index (κ3) is 5.23. The van der Waals surface area contributed by atoms with Gasteiger partial charge in [-0.05, 0) is 19.3 Å². The van der Waals surface area contributed by atoms with E-state index in [9.17, 15) is 14.4 Å². The molecule has 2 amide bonds. The van der Waals surface area contributed by atoms with E-state index >= 15 is 0 Å². The fourth-order valence-electron chi connectivity index (χ4n) is 3.00. The van der Waals surface area contributed by atoms with Crippen molar-refractivity contribution in [2.75, 3.05) is 26.7 Å². The predicted molar refractivity (Wildman–Crippen MR) is 91.4 cm³/mol. The molecule has 25 heavy (non-hydrogen) atoms. The van der Waals surface area contributed by atoms with Crippen LogP contribution in [0.5, 0.6) is 0 Å². The number of carboxylic acids is 1. The van der Waals surface area contributed by atoms with Gasteiger partial charge in [0.1, 0.15) is 17.2 Å². The van der Waals surface area contributed by atoms with Crippen LogP contribution in [0.1, 0.15) is 41.7 Å². The molecule has 9 heteroatoms. The number of amides is 2. The lowest BCUT2D eigenvalue weighted by Crippen LogP contribution is -2.43. The molecule has 0 bridgehead atoms. The van der Waals surface area contributed by atoms with Crippen LogP contribution >= 0.6 is 11.3 Å². The normalized spacial score (nSPS) is 17.8. The number of carboxylic acid groups (broad SMARTS) is 1. The molecular weight excluding hydrogens is 346 g/mol. The molecule has 8 nitrogen and oxygen atoms in total. The Balaban J connectivity index is 2.00. The summed E-state index contributed by atoms with van der Waals surface area (Å²) in [6, 6.07) is -0.161. The van der Waals surface area contributed by atoms with Crippen molar-refractivity contribution in [1.82, 2.24) is 14.8 Å². The third-order valence-corrected chi connectivity index (χ3v) is 5.00. The summed E-state index contributed by atoms with van der Waals surface area (Å²) in [4.78, 5) is 42.7. The van der Waals surface area contributed by atoms with E-state index in [-0.39, 0.29) is 24.4 Å². The number of aliphatic carboxylic acids is 1. The minimum absolute atomic E-state index is 0.133. The lowest BCUT2D eigenvalue weighted by atomic mass is 10.1. The molecule has 1 aromatic heterocycles. The highest BCUT2D eigenvalue weighted by atomic mass is 32.1. The molecule has 1 unspecified atom stereocenters. The molecule has 1 atom stereocenters. The highest BCUT2D eigenvalue weighted by molar-refractivity contribution is 7.09. The first-order valence-corrected chi connectivity index (χ1v) is 9.02. The standard InChI is InChI=1S/C16H23N3O5S/c1-11(20)19(8-15(21)22)12-4-3-6-18(7-5-12)16(23)13-10-25-14(17-13)9-24-2/h10,12H,3-9H2,1-2H3,(H,21,22). The third-order valence-electron chi connectivity index (χ3n) is 4.17. The monoisotopic (exact) mass is 369 g/mol. The molecule has 0 spiro atoms. The van der Waals surface area contributed by atoms with Gasteiger partial charge in [0, 0.05) is 38.5 Å². The van der Waals surface area contributed by atoms with E-state index in [0.29, 0.717) is 38.2 Å². The van der Waals surface area contributed by atoms with E-state index in [2.05, 4.69) is 4.98 Å². The zero-order valence-electron chi connectivity index (χ0n) is 14.4. The fourth-order valence-corrected chi connectivity index (χ4v) is 3.74. The molecule has 2 heterocycles. The van der Waals surface area contributed by atoms with Crippen molar-refractivity contribution >= 4 is 29.1 Å². The maximum Gasteiger partial charge on any atom is 0.323 e. The molecule has 0 aromatic carbocycles. The molecular formula is C16H23N3O5S. The molecule has 0 saturated carbocycles. The van der Waals surface area contributed by atoms with Gasteiger partial charge in [-0.3, -0.25) is 14.4 Å². The van der Waals surface area contributed by atoms with Gasteiger partial charge in [-0.25, -0.2) is 4.98 Å². The van der Waals surface area contributed by atoms with Crippen LogP contribution in [0.3, 0.4) is 0 Å². The molecule has 1 fully saturated rings. The van der Waals surface area contributed by atoms with Crippen molar-refractivity contribution < 1.29 is 24.2 Å². The first kappa shape index (κ1) is 19.3. The van der Waals surface area contributed by atoms with E-state index < -0.39 is 5.97 Å². The second-order valence-electron chi connectivity index (χ2n) is 5.98. The second-order valence-corrected chi connectivity index (χ2v) is 6.92. The van der Waals surface area contributed by atoms with Gasteiger partial charge in [-0.15, -0.1) is 11.3 Å². The number of carbonyl (C=O) groups is 3. The maximum absolute atomic E-state index is 12.6. The van der Waals surface area contributed by atoms with Crippen LogP contribution in [0.4, 0.5) is 0 Å². The zero-order valence-corrected chi connectivity index (χ0v) is 15.3. The summed E-state index contributed by atoms with van der Waals surface area (Å²) in [6.07, 6.45) is 1.96. The number of carbonyl (C=O) groups excluding carboxylic acids is 2. The zero-order chi connectivity index (χ0) is 18.4. The molecule has 1 saturated heterocycles. The van der Waals surface area contributed by atoms with Gasteiger partial charge in [0.25, 0.3) is 5.91 Å². The molecule has 138 valence electrons. The largest absolute Gasteiger partial charge is 0.480 e. The Morgan fingerprint density at radius 3 is 2.80 bits per heavy atom. The highest BCUT2D eigenvalue weighted by Gasteiger charge is 2.28. The van der Waals surface area contributed by atoms with Crippen molar-refractivity contribution in [3.05, 3.63) is 16.1 Å². The first-order chi connectivity index (χ1) is 11.9. The van der Waals surface area contributed by atoms with Crippen molar-refractivity contribution in [3.63, 3.8) is 0 Å². The molecule has 1 aliphatic heterocycles. The van der Waals surface area contributed by atoms with Gasteiger partial charge >= 0.3 is 5.97 Å². The van der Waals surface area contributed by atoms with E-state index in [1.54, 1.807) is 17.4 Å². The van der Waals surface area contributed by atoms with Crippen molar-refractivity contribution in [2.45, 2.75) is 38.8 Å². The van der Waals surface area contributed by atoms with Crippen molar-refractivity contribution in [3.8, 4) is 0 Å². The summed E-state index contributed by atoms with van der Waals surface area (Å²) >= 11 is 1.39. The fraction of sp³-hybridized carbons (Fsp3) is 0.625. The van der Waals surface area contributed by atoms with Crippen LogP contribution in [-0.4, -0.2) is 70.5 Å². The molecule has 0 radical (unpaired) electrons. The summed E-state index contributed by atoms with van der Waals surface area (Å²) in [6.45, 7) is 2.50. The number of hydrogen-bond acceptors (Lipinski definition) is 6. The van der Waals surface area contributed by atoms with Gasteiger partial charge < -0.3 is 19.6 Å². The van der Waals surface area contributed by atoms with Gasteiger partial charge in [0.2, 0.25) is 5.91 Å². The molecule has 1 N–H and O–H groups in total.